The van der Waals surface area contributed by atoms with Crippen LogP contribution in [-0.2, 0) is 13.0 Å². The Morgan fingerprint density at radius 2 is 1.77 bits per heavy atom. The summed E-state index contributed by atoms with van der Waals surface area (Å²) in [7, 11) is 3.33. The first-order chi connectivity index (χ1) is 10.6. The molecule has 2 aromatic carbocycles. The quantitative estimate of drug-likeness (QED) is 0.834. The van der Waals surface area contributed by atoms with E-state index >= 15 is 0 Å². The van der Waals surface area contributed by atoms with Crippen LogP contribution in [-0.4, -0.2) is 20.3 Å². The summed E-state index contributed by atoms with van der Waals surface area (Å²) in [5.41, 5.74) is 2.39. The van der Waals surface area contributed by atoms with E-state index in [9.17, 15) is 0 Å². The van der Waals surface area contributed by atoms with Gasteiger partial charge >= 0.3 is 0 Å². The minimum absolute atomic E-state index is 0.355. The van der Waals surface area contributed by atoms with Gasteiger partial charge in [-0.3, -0.25) is 0 Å². The summed E-state index contributed by atoms with van der Waals surface area (Å²) in [6, 6.07) is 14.2. The second-order valence-electron chi connectivity index (χ2n) is 5.29. The fourth-order valence-electron chi connectivity index (χ4n) is 2.33. The van der Waals surface area contributed by atoms with E-state index in [-0.39, 0.29) is 0 Å². The maximum absolute atomic E-state index is 5.91. The molecule has 0 aliphatic carbocycles. The van der Waals surface area contributed by atoms with Crippen LogP contribution in [0.1, 0.15) is 18.1 Å². The summed E-state index contributed by atoms with van der Waals surface area (Å²) in [5, 5.41) is 4.29. The Morgan fingerprint density at radius 3 is 2.41 bits per heavy atom. The van der Waals surface area contributed by atoms with Gasteiger partial charge in [0.1, 0.15) is 11.5 Å². The van der Waals surface area contributed by atoms with E-state index in [1.165, 1.54) is 5.56 Å². The number of rotatable bonds is 7. The molecule has 0 spiro atoms. The van der Waals surface area contributed by atoms with Crippen molar-refractivity contribution in [3.8, 4) is 11.5 Å². The van der Waals surface area contributed by atoms with Crippen LogP contribution < -0.4 is 14.8 Å². The second-order valence-corrected chi connectivity index (χ2v) is 5.73. The largest absolute Gasteiger partial charge is 0.497 e. The molecule has 0 saturated heterocycles. The van der Waals surface area contributed by atoms with Crippen molar-refractivity contribution >= 4 is 11.6 Å². The Balaban J connectivity index is 1.93. The molecule has 1 unspecified atom stereocenters. The molecule has 0 radical (unpaired) electrons. The van der Waals surface area contributed by atoms with Crippen molar-refractivity contribution in [1.82, 2.24) is 5.32 Å². The van der Waals surface area contributed by atoms with Gasteiger partial charge in [-0.15, -0.1) is 0 Å². The highest BCUT2D eigenvalue weighted by atomic mass is 35.5. The Labute approximate surface area is 137 Å². The first-order valence-electron chi connectivity index (χ1n) is 7.31. The number of ether oxygens (including phenoxy) is 2. The predicted molar refractivity (Wildman–Crippen MR) is 91.0 cm³/mol. The summed E-state index contributed by atoms with van der Waals surface area (Å²) in [6.45, 7) is 2.92. The van der Waals surface area contributed by atoms with Gasteiger partial charge in [-0.1, -0.05) is 29.8 Å². The maximum atomic E-state index is 5.91. The van der Waals surface area contributed by atoms with Gasteiger partial charge in [-0.05, 0) is 37.1 Å². The highest BCUT2D eigenvalue weighted by Gasteiger charge is 2.08. The molecule has 0 saturated carbocycles. The van der Waals surface area contributed by atoms with E-state index in [1.807, 2.05) is 30.3 Å². The molecule has 1 atom stereocenters. The van der Waals surface area contributed by atoms with Gasteiger partial charge in [0.15, 0.2) is 0 Å². The SMILES string of the molecule is COc1ccc(CNC(C)Cc2ccc(Cl)cc2)c(OC)c1. The van der Waals surface area contributed by atoms with Gasteiger partial charge in [-0.2, -0.15) is 0 Å². The third kappa shape index (κ3) is 4.65. The maximum Gasteiger partial charge on any atom is 0.127 e. The zero-order chi connectivity index (χ0) is 15.9. The van der Waals surface area contributed by atoms with Crippen molar-refractivity contribution in [1.29, 1.82) is 0 Å². The summed E-state index contributed by atoms with van der Waals surface area (Å²) in [4.78, 5) is 0. The van der Waals surface area contributed by atoms with Gasteiger partial charge in [0.05, 0.1) is 14.2 Å². The number of halogens is 1. The van der Waals surface area contributed by atoms with Crippen LogP contribution in [0, 0.1) is 0 Å². The van der Waals surface area contributed by atoms with E-state index in [1.54, 1.807) is 14.2 Å². The Bertz CT molecular complexity index is 599. The zero-order valence-electron chi connectivity index (χ0n) is 13.2. The molecule has 2 rings (SSSR count). The first-order valence-corrected chi connectivity index (χ1v) is 7.69. The first kappa shape index (κ1) is 16.7. The van der Waals surface area contributed by atoms with Gasteiger partial charge in [0, 0.05) is 29.2 Å². The predicted octanol–water partition coefficient (Wildman–Crippen LogP) is 4.08. The number of methoxy groups -OCH3 is 2. The summed E-state index contributed by atoms with van der Waals surface area (Å²) in [6.07, 6.45) is 0.954. The lowest BCUT2D eigenvalue weighted by molar-refractivity contribution is 0.388. The molecule has 2 aromatic rings. The molecule has 0 amide bonds. The number of benzene rings is 2. The second kappa shape index (κ2) is 8.06. The minimum Gasteiger partial charge on any atom is -0.497 e. The minimum atomic E-state index is 0.355. The Hall–Kier alpha value is -1.71. The fourth-order valence-corrected chi connectivity index (χ4v) is 2.45. The van der Waals surface area contributed by atoms with Gasteiger partial charge in [0.25, 0.3) is 0 Å². The van der Waals surface area contributed by atoms with Crippen molar-refractivity contribution < 1.29 is 9.47 Å². The molecule has 22 heavy (non-hydrogen) atoms. The van der Waals surface area contributed by atoms with Crippen LogP contribution in [0.2, 0.25) is 5.02 Å². The third-order valence-electron chi connectivity index (χ3n) is 3.59. The van der Waals surface area contributed by atoms with E-state index in [0.29, 0.717) is 6.04 Å². The molecule has 4 heteroatoms. The topological polar surface area (TPSA) is 30.5 Å². The van der Waals surface area contributed by atoms with Crippen LogP contribution in [0.4, 0.5) is 0 Å². The lowest BCUT2D eigenvalue weighted by Gasteiger charge is -2.16. The molecule has 0 aromatic heterocycles. The highest BCUT2D eigenvalue weighted by molar-refractivity contribution is 6.30. The van der Waals surface area contributed by atoms with E-state index in [4.69, 9.17) is 21.1 Å². The fraction of sp³-hybridized carbons (Fsp3) is 0.333. The van der Waals surface area contributed by atoms with Crippen molar-refractivity contribution in [2.24, 2.45) is 0 Å². The highest BCUT2D eigenvalue weighted by Crippen LogP contribution is 2.24. The van der Waals surface area contributed by atoms with E-state index in [2.05, 4.69) is 24.4 Å². The average Bonchev–Trinajstić information content (AvgIpc) is 2.55. The van der Waals surface area contributed by atoms with Crippen LogP contribution in [0.25, 0.3) is 0 Å². The molecule has 1 N–H and O–H groups in total. The number of hydrogen-bond acceptors (Lipinski definition) is 3. The normalized spacial score (nSPS) is 12.0. The molecule has 0 aliphatic heterocycles. The van der Waals surface area contributed by atoms with Crippen LogP contribution in [0.5, 0.6) is 11.5 Å². The summed E-state index contributed by atoms with van der Waals surface area (Å²) in [5.74, 6) is 1.64. The lowest BCUT2D eigenvalue weighted by Crippen LogP contribution is -2.27. The standard InChI is InChI=1S/C18H22ClNO2/c1-13(10-14-4-7-16(19)8-5-14)20-12-15-6-9-17(21-2)11-18(15)22-3/h4-9,11,13,20H,10,12H2,1-3H3. The Kier molecular flexibility index (Phi) is 6.10. The molecule has 118 valence electrons. The Morgan fingerprint density at radius 1 is 1.05 bits per heavy atom. The molecule has 0 bridgehead atoms. The van der Waals surface area contributed by atoms with Gasteiger partial charge < -0.3 is 14.8 Å². The van der Waals surface area contributed by atoms with Crippen LogP contribution in [0.15, 0.2) is 42.5 Å². The van der Waals surface area contributed by atoms with Crippen molar-refractivity contribution in [2.45, 2.75) is 25.9 Å². The summed E-state index contributed by atoms with van der Waals surface area (Å²) < 4.78 is 10.6. The third-order valence-corrected chi connectivity index (χ3v) is 3.84. The average molecular weight is 320 g/mol. The number of nitrogens with one attached hydrogen (secondary N) is 1. The van der Waals surface area contributed by atoms with Crippen molar-refractivity contribution in [3.05, 3.63) is 58.6 Å². The number of hydrogen-bond donors (Lipinski definition) is 1. The van der Waals surface area contributed by atoms with E-state index < -0.39 is 0 Å². The zero-order valence-corrected chi connectivity index (χ0v) is 14.0. The van der Waals surface area contributed by atoms with Crippen LogP contribution >= 0.6 is 11.6 Å². The smallest absolute Gasteiger partial charge is 0.127 e. The molecule has 0 heterocycles. The molecular formula is C18H22ClNO2. The summed E-state index contributed by atoms with van der Waals surface area (Å²) >= 11 is 5.91. The molecule has 0 aliphatic rings. The van der Waals surface area contributed by atoms with Crippen LogP contribution in [0.3, 0.4) is 0 Å². The van der Waals surface area contributed by atoms with Gasteiger partial charge in [-0.25, -0.2) is 0 Å². The molecular weight excluding hydrogens is 298 g/mol. The van der Waals surface area contributed by atoms with Crippen molar-refractivity contribution in [3.63, 3.8) is 0 Å². The lowest BCUT2D eigenvalue weighted by atomic mass is 10.1. The molecule has 0 fully saturated rings. The monoisotopic (exact) mass is 319 g/mol. The molecule has 3 nitrogen and oxygen atoms in total. The van der Waals surface area contributed by atoms with Gasteiger partial charge in [0.2, 0.25) is 0 Å². The van der Waals surface area contributed by atoms with E-state index in [0.717, 1.165) is 35.1 Å². The van der Waals surface area contributed by atoms with Crippen molar-refractivity contribution in [2.75, 3.05) is 14.2 Å².